The molecule has 0 radical (unpaired) electrons. The topological polar surface area (TPSA) is 70.8 Å². The first-order chi connectivity index (χ1) is 10.0. The van der Waals surface area contributed by atoms with Crippen LogP contribution >= 0.6 is 0 Å². The quantitative estimate of drug-likeness (QED) is 0.875. The van der Waals surface area contributed by atoms with Crippen LogP contribution in [0.4, 0.5) is 0 Å². The lowest BCUT2D eigenvalue weighted by molar-refractivity contribution is -0.137. The molecule has 21 heavy (non-hydrogen) atoms. The maximum Gasteiger partial charge on any atom is 0.303 e. The molecule has 2 heterocycles. The Balaban J connectivity index is 1.77. The average Bonchev–Trinajstić information content (AvgIpc) is 2.88. The molecule has 1 aliphatic heterocycles. The molecule has 0 unspecified atom stereocenters. The summed E-state index contributed by atoms with van der Waals surface area (Å²) in [7, 11) is 0. The van der Waals surface area contributed by atoms with E-state index in [2.05, 4.69) is 0 Å². The third-order valence-corrected chi connectivity index (χ3v) is 4.02. The van der Waals surface area contributed by atoms with Gasteiger partial charge in [0.05, 0.1) is 0 Å². The van der Waals surface area contributed by atoms with Gasteiger partial charge in [0.25, 0.3) is 0 Å². The van der Waals surface area contributed by atoms with Crippen molar-refractivity contribution in [3.63, 3.8) is 0 Å². The number of carboxylic acids is 1. The van der Waals surface area contributed by atoms with Gasteiger partial charge >= 0.3 is 5.97 Å². The number of hydrogen-bond acceptors (Lipinski definition) is 3. The Morgan fingerprint density at radius 2 is 2.19 bits per heavy atom. The van der Waals surface area contributed by atoms with Crippen LogP contribution in [0.25, 0.3) is 0 Å². The number of nitrogens with zero attached hydrogens (tertiary/aromatic N) is 1. The second-order valence-electron chi connectivity index (χ2n) is 5.79. The summed E-state index contributed by atoms with van der Waals surface area (Å²) < 4.78 is 5.47. The summed E-state index contributed by atoms with van der Waals surface area (Å²) in [6.07, 6.45) is 3.93. The Labute approximate surface area is 124 Å². The fourth-order valence-corrected chi connectivity index (χ4v) is 2.86. The van der Waals surface area contributed by atoms with Crippen LogP contribution in [0, 0.1) is 12.8 Å². The molecule has 0 bridgehead atoms. The van der Waals surface area contributed by atoms with Crippen LogP contribution in [0.3, 0.4) is 0 Å². The zero-order valence-corrected chi connectivity index (χ0v) is 12.5. The molecule has 1 atom stereocenters. The highest BCUT2D eigenvalue weighted by molar-refractivity contribution is 5.76. The number of likely N-dealkylation sites (tertiary alicyclic amines) is 1. The van der Waals surface area contributed by atoms with Gasteiger partial charge in [0, 0.05) is 32.4 Å². The molecule has 1 aromatic rings. The highest BCUT2D eigenvalue weighted by Gasteiger charge is 2.23. The number of aliphatic carboxylic acids is 1. The molecule has 1 N–H and O–H groups in total. The first-order valence-electron chi connectivity index (χ1n) is 7.59. The number of amides is 1. The second kappa shape index (κ2) is 7.29. The largest absolute Gasteiger partial charge is 0.481 e. The van der Waals surface area contributed by atoms with Crippen LogP contribution in [0.5, 0.6) is 0 Å². The van der Waals surface area contributed by atoms with E-state index in [-0.39, 0.29) is 12.3 Å². The summed E-state index contributed by atoms with van der Waals surface area (Å²) in [5, 5.41) is 8.74. The molecule has 0 saturated carbocycles. The molecule has 0 aromatic carbocycles. The summed E-state index contributed by atoms with van der Waals surface area (Å²) in [6, 6.07) is 3.82. The van der Waals surface area contributed by atoms with E-state index in [0.717, 1.165) is 30.9 Å². The van der Waals surface area contributed by atoms with Crippen LogP contribution in [0.2, 0.25) is 0 Å². The number of furan rings is 1. The van der Waals surface area contributed by atoms with Gasteiger partial charge in [-0.3, -0.25) is 9.59 Å². The molecular formula is C16H23NO4. The van der Waals surface area contributed by atoms with E-state index in [1.165, 1.54) is 0 Å². The van der Waals surface area contributed by atoms with Gasteiger partial charge in [-0.2, -0.15) is 0 Å². The standard InChI is InChI=1S/C16H23NO4/c1-12-4-6-14(21-12)7-8-15(18)17-10-2-3-13(11-17)5-9-16(19)20/h4,6,13H,2-3,5,7-11H2,1H3,(H,19,20)/t13-/m1/s1. The third kappa shape index (κ3) is 4.92. The van der Waals surface area contributed by atoms with Crippen molar-refractivity contribution < 1.29 is 19.1 Å². The van der Waals surface area contributed by atoms with Crippen molar-refractivity contribution in [2.45, 2.75) is 45.4 Å². The van der Waals surface area contributed by atoms with Crippen molar-refractivity contribution in [3.05, 3.63) is 23.7 Å². The molecule has 1 aromatic heterocycles. The maximum atomic E-state index is 12.2. The van der Waals surface area contributed by atoms with E-state index in [4.69, 9.17) is 9.52 Å². The smallest absolute Gasteiger partial charge is 0.303 e. The lowest BCUT2D eigenvalue weighted by Gasteiger charge is -2.32. The molecule has 0 aliphatic carbocycles. The second-order valence-corrected chi connectivity index (χ2v) is 5.79. The van der Waals surface area contributed by atoms with Gasteiger partial charge in [-0.1, -0.05) is 0 Å². The number of aryl methyl sites for hydroxylation is 2. The average molecular weight is 293 g/mol. The van der Waals surface area contributed by atoms with Gasteiger partial charge in [0.15, 0.2) is 0 Å². The van der Waals surface area contributed by atoms with Crippen molar-refractivity contribution in [1.82, 2.24) is 4.90 Å². The van der Waals surface area contributed by atoms with Gasteiger partial charge < -0.3 is 14.4 Å². The first-order valence-corrected chi connectivity index (χ1v) is 7.59. The Morgan fingerprint density at radius 3 is 2.86 bits per heavy atom. The van der Waals surface area contributed by atoms with Crippen LogP contribution in [-0.2, 0) is 16.0 Å². The van der Waals surface area contributed by atoms with E-state index >= 15 is 0 Å². The number of carbonyl (C=O) groups excluding carboxylic acids is 1. The Morgan fingerprint density at radius 1 is 1.38 bits per heavy atom. The molecule has 1 fully saturated rings. The number of carboxylic acid groups (broad SMARTS) is 1. The van der Waals surface area contributed by atoms with Gasteiger partial charge in [-0.05, 0) is 44.2 Å². The lowest BCUT2D eigenvalue weighted by Crippen LogP contribution is -2.40. The predicted octanol–water partition coefficient (Wildman–Crippen LogP) is 2.62. The molecule has 1 saturated heterocycles. The third-order valence-electron chi connectivity index (χ3n) is 4.02. The molecule has 0 spiro atoms. The van der Waals surface area contributed by atoms with Crippen molar-refractivity contribution in [2.24, 2.45) is 5.92 Å². The summed E-state index contributed by atoms with van der Waals surface area (Å²) >= 11 is 0. The zero-order chi connectivity index (χ0) is 15.2. The zero-order valence-electron chi connectivity index (χ0n) is 12.5. The minimum absolute atomic E-state index is 0.143. The van der Waals surface area contributed by atoms with Crippen LogP contribution in [0.1, 0.15) is 43.6 Å². The highest BCUT2D eigenvalue weighted by Crippen LogP contribution is 2.22. The number of hydrogen-bond donors (Lipinski definition) is 1. The van der Waals surface area contributed by atoms with Gasteiger partial charge in [0.1, 0.15) is 11.5 Å². The van der Waals surface area contributed by atoms with E-state index in [1.807, 2.05) is 24.0 Å². The van der Waals surface area contributed by atoms with Crippen LogP contribution in [-0.4, -0.2) is 35.0 Å². The summed E-state index contributed by atoms with van der Waals surface area (Å²) in [4.78, 5) is 24.7. The summed E-state index contributed by atoms with van der Waals surface area (Å²) in [6.45, 7) is 3.38. The predicted molar refractivity (Wildman–Crippen MR) is 77.9 cm³/mol. The minimum Gasteiger partial charge on any atom is -0.481 e. The van der Waals surface area contributed by atoms with Crippen molar-refractivity contribution >= 4 is 11.9 Å². The van der Waals surface area contributed by atoms with Crippen molar-refractivity contribution in [2.75, 3.05) is 13.1 Å². The number of piperidine rings is 1. The van der Waals surface area contributed by atoms with Crippen LogP contribution < -0.4 is 0 Å². The van der Waals surface area contributed by atoms with E-state index in [0.29, 0.717) is 31.7 Å². The molecule has 5 nitrogen and oxygen atoms in total. The van der Waals surface area contributed by atoms with Gasteiger partial charge in [0.2, 0.25) is 5.91 Å². The Bertz CT molecular complexity index is 494. The van der Waals surface area contributed by atoms with E-state index in [1.54, 1.807) is 0 Å². The number of carbonyl (C=O) groups is 2. The van der Waals surface area contributed by atoms with Crippen LogP contribution in [0.15, 0.2) is 16.5 Å². The first kappa shape index (κ1) is 15.6. The summed E-state index contributed by atoms with van der Waals surface area (Å²) in [5.74, 6) is 1.42. The van der Waals surface area contributed by atoms with Gasteiger partial charge in [-0.15, -0.1) is 0 Å². The highest BCUT2D eigenvalue weighted by atomic mass is 16.4. The molecule has 1 amide bonds. The molecule has 116 valence electrons. The minimum atomic E-state index is -0.758. The lowest BCUT2D eigenvalue weighted by atomic mass is 9.93. The fraction of sp³-hybridized carbons (Fsp3) is 0.625. The molecule has 2 rings (SSSR count). The summed E-state index contributed by atoms with van der Waals surface area (Å²) in [5.41, 5.74) is 0. The Hall–Kier alpha value is -1.78. The normalized spacial score (nSPS) is 18.7. The fourth-order valence-electron chi connectivity index (χ4n) is 2.86. The van der Waals surface area contributed by atoms with E-state index < -0.39 is 5.97 Å². The molecule has 1 aliphatic rings. The monoisotopic (exact) mass is 293 g/mol. The van der Waals surface area contributed by atoms with Crippen molar-refractivity contribution in [1.29, 1.82) is 0 Å². The molecule has 5 heteroatoms. The van der Waals surface area contributed by atoms with E-state index in [9.17, 15) is 9.59 Å². The maximum absolute atomic E-state index is 12.2. The van der Waals surface area contributed by atoms with Crippen molar-refractivity contribution in [3.8, 4) is 0 Å². The SMILES string of the molecule is Cc1ccc(CCC(=O)N2CCC[C@H](CCC(=O)O)C2)o1. The van der Waals surface area contributed by atoms with Gasteiger partial charge in [-0.25, -0.2) is 0 Å². The number of rotatable bonds is 6. The Kier molecular flexibility index (Phi) is 5.42. The molecular weight excluding hydrogens is 270 g/mol.